The summed E-state index contributed by atoms with van der Waals surface area (Å²) in [6.07, 6.45) is 10.1. The van der Waals surface area contributed by atoms with Crippen molar-refractivity contribution in [2.45, 2.75) is 89.3 Å². The number of nitrogens with one attached hydrogen (secondary N) is 1. The zero-order valence-electron chi connectivity index (χ0n) is 22.0. The Morgan fingerprint density at radius 1 is 1.05 bits per heavy atom. The van der Waals surface area contributed by atoms with E-state index in [2.05, 4.69) is 17.2 Å². The van der Waals surface area contributed by atoms with Crippen molar-refractivity contribution in [2.75, 3.05) is 13.1 Å². The first-order valence-electron chi connectivity index (χ1n) is 14.2. The molecule has 202 valence electrons. The van der Waals surface area contributed by atoms with Gasteiger partial charge in [-0.05, 0) is 68.1 Å². The van der Waals surface area contributed by atoms with Gasteiger partial charge in [-0.15, -0.1) is 0 Å². The van der Waals surface area contributed by atoms with Gasteiger partial charge in [0.1, 0.15) is 6.04 Å². The van der Waals surface area contributed by atoms with Gasteiger partial charge in [-0.25, -0.2) is 0 Å². The van der Waals surface area contributed by atoms with Crippen molar-refractivity contribution in [1.82, 2.24) is 15.1 Å². The van der Waals surface area contributed by atoms with Crippen LogP contribution in [-0.2, 0) is 20.9 Å². The van der Waals surface area contributed by atoms with Crippen molar-refractivity contribution in [1.29, 1.82) is 0 Å². The zero-order chi connectivity index (χ0) is 26.6. The van der Waals surface area contributed by atoms with Crippen molar-refractivity contribution < 1.29 is 19.2 Å². The molecule has 4 aliphatic rings. The predicted octanol–water partition coefficient (Wildman–Crippen LogP) is 2.73. The lowest BCUT2D eigenvalue weighted by molar-refractivity contribution is -0.137. The van der Waals surface area contributed by atoms with Gasteiger partial charge < -0.3 is 15.5 Å². The molecule has 3 fully saturated rings. The molecular weight excluding hydrogens is 480 g/mol. The normalized spacial score (nSPS) is 23.5. The number of carbonyl (C=O) groups excluding carboxylic acids is 4. The summed E-state index contributed by atoms with van der Waals surface area (Å²) >= 11 is 0. The van der Waals surface area contributed by atoms with Crippen LogP contribution in [0.4, 0.5) is 0 Å². The number of carbonyl (C=O) groups is 4. The fourth-order valence-electron chi connectivity index (χ4n) is 6.48. The van der Waals surface area contributed by atoms with Gasteiger partial charge in [0.15, 0.2) is 0 Å². The van der Waals surface area contributed by atoms with Crippen LogP contribution in [0.1, 0.15) is 92.1 Å². The number of likely N-dealkylation sites (tertiary alicyclic amines) is 1. The van der Waals surface area contributed by atoms with Crippen LogP contribution < -0.4 is 11.1 Å². The smallest absolute Gasteiger partial charge is 0.255 e. The lowest BCUT2D eigenvalue weighted by Crippen LogP contribution is -2.52. The minimum atomic E-state index is -0.622. The van der Waals surface area contributed by atoms with Crippen molar-refractivity contribution in [3.05, 3.63) is 34.9 Å². The summed E-state index contributed by atoms with van der Waals surface area (Å²) in [6, 6.07) is 4.57. The maximum atomic E-state index is 13.0. The molecule has 3 heterocycles. The van der Waals surface area contributed by atoms with Gasteiger partial charge >= 0.3 is 0 Å². The third-order valence-corrected chi connectivity index (χ3v) is 8.85. The van der Waals surface area contributed by atoms with Gasteiger partial charge in [-0.1, -0.05) is 37.2 Å². The molecule has 0 aromatic heterocycles. The standard InChI is InChI=1S/C30H38N4O4/c31-27(22-9-2-1-3-10-22)30(38)33-17-15-20(16-18-33)7-4-5-8-21-11-6-12-23-24(21)19-34(29(23)37)25-13-14-26(35)32-28(25)36/h6,11-12,20,22,25,27H,1-4,7,9-10,13-19,31H2,(H,32,35,36)/t25?,27-/m0/s1. The van der Waals surface area contributed by atoms with Crippen LogP contribution in [0.3, 0.4) is 0 Å². The summed E-state index contributed by atoms with van der Waals surface area (Å²) < 4.78 is 0. The summed E-state index contributed by atoms with van der Waals surface area (Å²) in [5.74, 6) is 6.70. The Balaban J connectivity index is 1.11. The number of amides is 4. The van der Waals surface area contributed by atoms with Crippen molar-refractivity contribution >= 4 is 23.6 Å². The van der Waals surface area contributed by atoms with Crippen LogP contribution >= 0.6 is 0 Å². The molecule has 1 saturated carbocycles. The Morgan fingerprint density at radius 2 is 1.82 bits per heavy atom. The molecule has 8 nitrogen and oxygen atoms in total. The van der Waals surface area contributed by atoms with Crippen molar-refractivity contribution in [3.8, 4) is 11.8 Å². The Bertz CT molecular complexity index is 1150. The molecule has 3 N–H and O–H groups in total. The molecule has 4 amide bonds. The van der Waals surface area contributed by atoms with E-state index in [0.29, 0.717) is 30.4 Å². The zero-order valence-corrected chi connectivity index (χ0v) is 22.0. The van der Waals surface area contributed by atoms with Gasteiger partial charge in [0.25, 0.3) is 5.91 Å². The Kier molecular flexibility index (Phi) is 8.13. The number of imide groups is 1. The minimum absolute atomic E-state index is 0.133. The summed E-state index contributed by atoms with van der Waals surface area (Å²) in [4.78, 5) is 53.3. The number of fused-ring (bicyclic) bond motifs is 1. The number of piperidine rings is 2. The highest BCUT2D eigenvalue weighted by atomic mass is 16.2. The van der Waals surface area contributed by atoms with E-state index < -0.39 is 11.9 Å². The lowest BCUT2D eigenvalue weighted by Gasteiger charge is -2.36. The first-order valence-corrected chi connectivity index (χ1v) is 14.2. The summed E-state index contributed by atoms with van der Waals surface area (Å²) in [5, 5.41) is 2.34. The number of hydrogen-bond acceptors (Lipinski definition) is 5. The van der Waals surface area contributed by atoms with E-state index in [1.165, 1.54) is 19.3 Å². The number of nitrogens with two attached hydrogens (primary N) is 1. The average molecular weight is 519 g/mol. The molecule has 0 radical (unpaired) electrons. The Morgan fingerprint density at radius 3 is 2.55 bits per heavy atom. The third kappa shape index (κ3) is 5.63. The SMILES string of the molecule is N[C@H](C(=O)N1CCC(CCC#Cc2cccc3c2CN(C2CCC(=O)NC2=O)C3=O)CC1)C1CCCCC1. The number of benzene rings is 1. The molecule has 1 aliphatic carbocycles. The Labute approximate surface area is 224 Å². The van der Waals surface area contributed by atoms with E-state index in [-0.39, 0.29) is 30.2 Å². The molecule has 8 heteroatoms. The van der Waals surface area contributed by atoms with Crippen molar-refractivity contribution in [2.24, 2.45) is 17.6 Å². The van der Waals surface area contributed by atoms with E-state index in [1.807, 2.05) is 17.0 Å². The number of rotatable bonds is 5. The molecule has 1 aromatic rings. The topological polar surface area (TPSA) is 113 Å². The van der Waals surface area contributed by atoms with E-state index in [1.54, 1.807) is 11.0 Å². The van der Waals surface area contributed by atoms with Crippen LogP contribution in [0.25, 0.3) is 0 Å². The van der Waals surface area contributed by atoms with Gasteiger partial charge in [0, 0.05) is 43.6 Å². The molecule has 1 aromatic carbocycles. The molecular formula is C30H38N4O4. The molecule has 0 spiro atoms. The summed E-state index contributed by atoms with van der Waals surface area (Å²) in [5.41, 5.74) is 8.62. The highest BCUT2D eigenvalue weighted by Gasteiger charge is 2.39. The van der Waals surface area contributed by atoms with Crippen molar-refractivity contribution in [3.63, 3.8) is 0 Å². The second-order valence-electron chi connectivity index (χ2n) is 11.3. The number of nitrogens with zero attached hydrogens (tertiary/aromatic N) is 2. The van der Waals surface area contributed by atoms with E-state index >= 15 is 0 Å². The fourth-order valence-corrected chi connectivity index (χ4v) is 6.48. The lowest BCUT2D eigenvalue weighted by atomic mass is 9.83. The van der Waals surface area contributed by atoms with Crippen LogP contribution in [0.5, 0.6) is 0 Å². The highest BCUT2D eigenvalue weighted by Crippen LogP contribution is 2.30. The molecule has 3 aliphatic heterocycles. The molecule has 5 rings (SSSR count). The average Bonchev–Trinajstić information content (AvgIpc) is 3.28. The minimum Gasteiger partial charge on any atom is -0.341 e. The van der Waals surface area contributed by atoms with E-state index in [0.717, 1.165) is 62.7 Å². The van der Waals surface area contributed by atoms with Crippen LogP contribution in [0, 0.1) is 23.7 Å². The Hall–Kier alpha value is -3.18. The van der Waals surface area contributed by atoms with Gasteiger partial charge in [-0.3, -0.25) is 24.5 Å². The second-order valence-corrected chi connectivity index (χ2v) is 11.3. The molecule has 2 atom stereocenters. The second kappa shape index (κ2) is 11.7. The highest BCUT2D eigenvalue weighted by molar-refractivity contribution is 6.05. The molecule has 2 saturated heterocycles. The van der Waals surface area contributed by atoms with Gasteiger partial charge in [0.05, 0.1) is 6.04 Å². The summed E-state index contributed by atoms with van der Waals surface area (Å²) in [6.45, 7) is 1.89. The summed E-state index contributed by atoms with van der Waals surface area (Å²) in [7, 11) is 0. The monoisotopic (exact) mass is 518 g/mol. The first kappa shape index (κ1) is 26.4. The van der Waals surface area contributed by atoms with E-state index in [4.69, 9.17) is 5.73 Å². The van der Waals surface area contributed by atoms with Gasteiger partial charge in [0.2, 0.25) is 17.7 Å². The third-order valence-electron chi connectivity index (χ3n) is 8.85. The fraction of sp³-hybridized carbons (Fsp3) is 0.600. The van der Waals surface area contributed by atoms with Crippen LogP contribution in [-0.4, -0.2) is 58.6 Å². The first-order chi connectivity index (χ1) is 18.4. The van der Waals surface area contributed by atoms with E-state index in [9.17, 15) is 19.2 Å². The number of hydrogen-bond donors (Lipinski definition) is 2. The quantitative estimate of drug-likeness (QED) is 0.460. The molecule has 38 heavy (non-hydrogen) atoms. The van der Waals surface area contributed by atoms with Gasteiger partial charge in [-0.2, -0.15) is 0 Å². The van der Waals surface area contributed by atoms with Crippen LogP contribution in [0.15, 0.2) is 18.2 Å². The maximum Gasteiger partial charge on any atom is 0.255 e. The van der Waals surface area contributed by atoms with Crippen LogP contribution in [0.2, 0.25) is 0 Å². The largest absolute Gasteiger partial charge is 0.341 e. The predicted molar refractivity (Wildman–Crippen MR) is 142 cm³/mol. The maximum absolute atomic E-state index is 13.0. The molecule has 1 unspecified atom stereocenters. The molecule has 0 bridgehead atoms.